The average molecular weight is 410 g/mol. The quantitative estimate of drug-likeness (QED) is 0.820. The zero-order valence-corrected chi connectivity index (χ0v) is 17.9. The summed E-state index contributed by atoms with van der Waals surface area (Å²) in [6.07, 6.45) is 7.27. The van der Waals surface area contributed by atoms with Gasteiger partial charge in [0, 0.05) is 50.8 Å². The van der Waals surface area contributed by atoms with Crippen LogP contribution in [0.5, 0.6) is 0 Å². The maximum absolute atomic E-state index is 14.9. The van der Waals surface area contributed by atoms with Gasteiger partial charge in [0.1, 0.15) is 11.4 Å². The van der Waals surface area contributed by atoms with Crippen LogP contribution in [-0.2, 0) is 12.1 Å². The molecule has 5 rings (SSSR count). The largest absolute Gasteiger partial charge is 0.383 e. The topological polar surface area (TPSA) is 39.6 Å². The molecule has 1 aromatic carbocycles. The van der Waals surface area contributed by atoms with Crippen molar-refractivity contribution >= 4 is 5.69 Å². The predicted octanol–water partition coefficient (Wildman–Crippen LogP) is 4.25. The molecule has 0 spiro atoms. The maximum atomic E-state index is 14.9. The van der Waals surface area contributed by atoms with Crippen LogP contribution >= 0.6 is 0 Å². The van der Waals surface area contributed by atoms with E-state index in [1.807, 2.05) is 24.3 Å². The fourth-order valence-corrected chi connectivity index (χ4v) is 6.01. The lowest BCUT2D eigenvalue weighted by atomic mass is 9.64. The number of pyridine rings is 1. The average Bonchev–Trinajstić information content (AvgIpc) is 3.26. The summed E-state index contributed by atoms with van der Waals surface area (Å²) < 4.78 is 14.9. The Bertz CT molecular complexity index is 883. The van der Waals surface area contributed by atoms with Gasteiger partial charge in [-0.25, -0.2) is 4.39 Å². The fourth-order valence-electron chi connectivity index (χ4n) is 6.01. The first-order valence-electron chi connectivity index (χ1n) is 11.5. The third-order valence-corrected chi connectivity index (χ3v) is 7.63. The first kappa shape index (κ1) is 20.0. The number of nitrogens with zero attached hydrogens (tertiary/aromatic N) is 3. The van der Waals surface area contributed by atoms with Gasteiger partial charge in [0.15, 0.2) is 0 Å². The normalized spacial score (nSPS) is 29.4. The van der Waals surface area contributed by atoms with Gasteiger partial charge in [0.2, 0.25) is 0 Å². The Morgan fingerprint density at radius 2 is 1.83 bits per heavy atom. The molecule has 1 aliphatic carbocycles. The lowest BCUT2D eigenvalue weighted by Crippen LogP contribution is -2.58. The minimum Gasteiger partial charge on any atom is -0.383 e. The zero-order chi connectivity index (χ0) is 20.7. The van der Waals surface area contributed by atoms with Crippen molar-refractivity contribution in [3.63, 3.8) is 0 Å². The number of piperidine rings is 1. The smallest absolute Gasteiger partial charge is 0.146 e. The van der Waals surface area contributed by atoms with E-state index < -0.39 is 5.60 Å². The molecule has 3 heterocycles. The molecule has 30 heavy (non-hydrogen) atoms. The number of hydrogen-bond donors (Lipinski definition) is 1. The molecule has 1 saturated carbocycles. The van der Waals surface area contributed by atoms with E-state index >= 15 is 0 Å². The number of aliphatic hydroxyl groups is 1. The van der Waals surface area contributed by atoms with Gasteiger partial charge in [-0.05, 0) is 68.0 Å². The molecule has 2 atom stereocenters. The summed E-state index contributed by atoms with van der Waals surface area (Å²) in [6, 6.07) is 9.62. The maximum Gasteiger partial charge on any atom is 0.146 e. The molecule has 1 N–H and O–H groups in total. The summed E-state index contributed by atoms with van der Waals surface area (Å²) in [5.41, 5.74) is 2.96. The van der Waals surface area contributed by atoms with Crippen LogP contribution in [0.25, 0.3) is 0 Å². The van der Waals surface area contributed by atoms with Gasteiger partial charge in [0.05, 0.1) is 11.4 Å². The van der Waals surface area contributed by atoms with E-state index in [9.17, 15) is 9.50 Å². The molecule has 3 aliphatic rings. The van der Waals surface area contributed by atoms with Crippen molar-refractivity contribution in [3.8, 4) is 0 Å². The van der Waals surface area contributed by atoms with Crippen molar-refractivity contribution in [3.05, 3.63) is 59.2 Å². The van der Waals surface area contributed by atoms with E-state index in [1.165, 1.54) is 0 Å². The Labute approximate surface area is 178 Å². The molecular formula is C25H32FN3O. The van der Waals surface area contributed by atoms with Crippen LogP contribution < -0.4 is 4.90 Å². The lowest BCUT2D eigenvalue weighted by molar-refractivity contribution is -0.151. The number of rotatable bonds is 4. The predicted molar refractivity (Wildman–Crippen MR) is 117 cm³/mol. The lowest BCUT2D eigenvalue weighted by Gasteiger charge is -2.52. The van der Waals surface area contributed by atoms with Crippen molar-refractivity contribution in [1.82, 2.24) is 9.88 Å². The zero-order valence-electron chi connectivity index (χ0n) is 17.9. The van der Waals surface area contributed by atoms with Gasteiger partial charge in [-0.15, -0.1) is 0 Å². The summed E-state index contributed by atoms with van der Waals surface area (Å²) in [4.78, 5) is 9.11. The molecule has 0 amide bonds. The highest BCUT2D eigenvalue weighted by Crippen LogP contribution is 2.48. The Morgan fingerprint density at radius 1 is 1.10 bits per heavy atom. The number of aromatic nitrogens is 1. The van der Waals surface area contributed by atoms with Crippen molar-refractivity contribution in [2.75, 3.05) is 31.1 Å². The minimum absolute atomic E-state index is 0.0975. The molecule has 0 unspecified atom stereocenters. The molecule has 1 aromatic heterocycles. The van der Waals surface area contributed by atoms with Crippen molar-refractivity contribution in [2.24, 2.45) is 11.8 Å². The van der Waals surface area contributed by atoms with E-state index in [4.69, 9.17) is 0 Å². The number of likely N-dealkylation sites (tertiary alicyclic amines) is 1. The summed E-state index contributed by atoms with van der Waals surface area (Å²) >= 11 is 0. The molecule has 2 bridgehead atoms. The minimum atomic E-state index is -0.837. The second kappa shape index (κ2) is 7.93. The van der Waals surface area contributed by atoms with Gasteiger partial charge in [-0.3, -0.25) is 9.88 Å². The summed E-state index contributed by atoms with van der Waals surface area (Å²) in [5.74, 6) is 0.252. The molecule has 3 fully saturated rings. The van der Waals surface area contributed by atoms with Crippen LogP contribution in [0.2, 0.25) is 0 Å². The second-order valence-corrected chi connectivity index (χ2v) is 9.48. The highest BCUT2D eigenvalue weighted by molar-refractivity contribution is 5.53. The van der Waals surface area contributed by atoms with E-state index in [0.29, 0.717) is 0 Å². The molecule has 2 aromatic rings. The molecular weight excluding hydrogens is 377 g/mol. The van der Waals surface area contributed by atoms with Gasteiger partial charge < -0.3 is 10.0 Å². The van der Waals surface area contributed by atoms with Crippen LogP contribution in [0.4, 0.5) is 10.1 Å². The van der Waals surface area contributed by atoms with Crippen LogP contribution in [0, 0.1) is 24.6 Å². The van der Waals surface area contributed by atoms with Crippen molar-refractivity contribution in [1.29, 1.82) is 0 Å². The first-order chi connectivity index (χ1) is 14.6. The van der Waals surface area contributed by atoms with Crippen molar-refractivity contribution < 1.29 is 9.50 Å². The Kier molecular flexibility index (Phi) is 5.28. The Hall–Kier alpha value is -1.98. The van der Waals surface area contributed by atoms with Crippen LogP contribution in [0.15, 0.2) is 36.5 Å². The molecule has 0 radical (unpaired) electrons. The number of fused-ring (bicyclic) bond motifs is 2. The molecule has 4 nitrogen and oxygen atoms in total. The van der Waals surface area contributed by atoms with Crippen LogP contribution in [0.1, 0.15) is 48.9 Å². The molecule has 5 heteroatoms. The van der Waals surface area contributed by atoms with E-state index in [1.54, 1.807) is 12.3 Å². The van der Waals surface area contributed by atoms with E-state index in [0.717, 1.165) is 87.3 Å². The number of benzene rings is 1. The monoisotopic (exact) mass is 409 g/mol. The fraction of sp³-hybridized carbons (Fsp3) is 0.560. The third-order valence-electron chi connectivity index (χ3n) is 7.63. The standard InChI is InChI=1S/C25H32FN3O/c1-18-13-23(29-11-4-5-12-29)22(26)14-19(18)15-28-16-20-7-6-8-21(17-28)25(20,30)24-9-2-3-10-27-24/h2-3,9-10,13-14,20-21,30H,4-8,11-12,15-17H2,1H3/t20-,21-/m0/s1. The van der Waals surface area contributed by atoms with Crippen molar-refractivity contribution in [2.45, 2.75) is 51.2 Å². The van der Waals surface area contributed by atoms with Gasteiger partial charge in [0.25, 0.3) is 0 Å². The SMILES string of the molecule is Cc1cc(N2CCCC2)c(F)cc1CN1C[C@@H]2CCC[C@@H](C1)C2(O)c1ccccn1. The number of halogens is 1. The summed E-state index contributed by atoms with van der Waals surface area (Å²) in [6.45, 7) is 6.42. The molecule has 2 saturated heterocycles. The Morgan fingerprint density at radius 3 is 2.50 bits per heavy atom. The second-order valence-electron chi connectivity index (χ2n) is 9.48. The summed E-state index contributed by atoms with van der Waals surface area (Å²) in [5, 5.41) is 11.7. The highest BCUT2D eigenvalue weighted by Gasteiger charge is 2.52. The Balaban J connectivity index is 1.36. The third kappa shape index (κ3) is 3.42. The number of anilines is 1. The van der Waals surface area contributed by atoms with Gasteiger partial charge in [-0.1, -0.05) is 12.5 Å². The number of hydrogen-bond acceptors (Lipinski definition) is 4. The van der Waals surface area contributed by atoms with Crippen LogP contribution in [0.3, 0.4) is 0 Å². The molecule has 2 aliphatic heterocycles. The molecule has 160 valence electrons. The van der Waals surface area contributed by atoms with Crippen LogP contribution in [-0.4, -0.2) is 41.2 Å². The van der Waals surface area contributed by atoms with E-state index in [2.05, 4.69) is 21.7 Å². The highest BCUT2D eigenvalue weighted by atomic mass is 19.1. The first-order valence-corrected chi connectivity index (χ1v) is 11.5. The van der Waals surface area contributed by atoms with Gasteiger partial charge in [-0.2, -0.15) is 0 Å². The van der Waals surface area contributed by atoms with E-state index in [-0.39, 0.29) is 17.7 Å². The summed E-state index contributed by atoms with van der Waals surface area (Å²) in [7, 11) is 0. The van der Waals surface area contributed by atoms with Gasteiger partial charge >= 0.3 is 0 Å². The number of aryl methyl sites for hydroxylation is 1.